The second kappa shape index (κ2) is 3.70. The fourth-order valence-corrected chi connectivity index (χ4v) is 1.68. The van der Waals surface area contributed by atoms with E-state index in [-0.39, 0.29) is 5.75 Å². The quantitative estimate of drug-likeness (QED) is 0.506. The number of nitrogen functional groups attached to an aromatic ring is 1. The highest BCUT2D eigenvalue weighted by Gasteiger charge is 2.07. The van der Waals surface area contributed by atoms with Crippen molar-refractivity contribution in [1.29, 1.82) is 0 Å². The van der Waals surface area contributed by atoms with E-state index in [1.165, 1.54) is 0 Å². The third-order valence-corrected chi connectivity index (χ3v) is 2.37. The Morgan fingerprint density at radius 2 is 2.08 bits per heavy atom. The number of hydrogen-bond acceptors (Lipinski definition) is 4. The van der Waals surface area contributed by atoms with E-state index in [4.69, 9.17) is 5.73 Å². The van der Waals surface area contributed by atoms with Gasteiger partial charge in [0, 0.05) is 3.57 Å². The number of hydrogen-bond donors (Lipinski definition) is 1. The van der Waals surface area contributed by atoms with Gasteiger partial charge in [-0.15, -0.1) is 0 Å². The van der Waals surface area contributed by atoms with Crippen molar-refractivity contribution in [3.05, 3.63) is 21.8 Å². The van der Waals surface area contributed by atoms with E-state index in [0.717, 1.165) is 9.83 Å². The van der Waals surface area contributed by atoms with Crippen molar-refractivity contribution in [3.63, 3.8) is 0 Å². The number of benzene rings is 1. The molecule has 0 unspecified atom stereocenters. The van der Waals surface area contributed by atoms with Gasteiger partial charge in [0.2, 0.25) is 0 Å². The van der Waals surface area contributed by atoms with Crippen LogP contribution in [0.15, 0.2) is 18.2 Å². The number of anilines is 1. The predicted molar refractivity (Wildman–Crippen MR) is 59.0 cm³/mol. The highest BCUT2D eigenvalue weighted by Crippen LogP contribution is 2.24. The molecule has 1 aromatic rings. The van der Waals surface area contributed by atoms with Crippen LogP contribution in [0.5, 0.6) is 5.75 Å². The Bertz CT molecular complexity index is 416. The summed E-state index contributed by atoms with van der Waals surface area (Å²) in [4.78, 5) is 0. The first-order valence-corrected chi connectivity index (χ1v) is 6.22. The maximum absolute atomic E-state index is 10.8. The molecule has 0 spiro atoms. The van der Waals surface area contributed by atoms with Crippen LogP contribution in [0.2, 0.25) is 0 Å². The zero-order valence-electron chi connectivity index (χ0n) is 6.82. The molecule has 0 atom stereocenters. The molecule has 0 bridgehead atoms. The average Bonchev–Trinajstić information content (AvgIpc) is 1.94. The number of nitrogens with two attached hydrogens (primary N) is 1. The van der Waals surface area contributed by atoms with Crippen molar-refractivity contribution in [2.24, 2.45) is 0 Å². The van der Waals surface area contributed by atoms with E-state index in [2.05, 4.69) is 4.18 Å². The van der Waals surface area contributed by atoms with Gasteiger partial charge >= 0.3 is 10.1 Å². The summed E-state index contributed by atoms with van der Waals surface area (Å²) in [5.41, 5.74) is 5.81. The molecular weight excluding hydrogens is 305 g/mol. The largest absolute Gasteiger partial charge is 0.396 e. The van der Waals surface area contributed by atoms with E-state index < -0.39 is 10.1 Å². The van der Waals surface area contributed by atoms with Crippen molar-refractivity contribution >= 4 is 38.4 Å². The van der Waals surface area contributed by atoms with Crippen LogP contribution in [-0.4, -0.2) is 14.7 Å². The van der Waals surface area contributed by atoms with Gasteiger partial charge in [-0.05, 0) is 40.8 Å². The predicted octanol–water partition coefficient (Wildman–Crippen LogP) is 1.21. The van der Waals surface area contributed by atoms with Crippen molar-refractivity contribution in [2.45, 2.75) is 0 Å². The first kappa shape index (κ1) is 10.6. The van der Waals surface area contributed by atoms with Crippen LogP contribution in [0.4, 0.5) is 5.69 Å². The molecule has 6 heteroatoms. The second-order valence-corrected chi connectivity index (χ2v) is 5.29. The molecular formula is C7H8INO3S. The summed E-state index contributed by atoms with van der Waals surface area (Å²) < 4.78 is 27.1. The van der Waals surface area contributed by atoms with E-state index in [0.29, 0.717) is 5.69 Å². The minimum Gasteiger partial charge on any atom is -0.396 e. The fourth-order valence-electron chi connectivity index (χ4n) is 0.743. The first-order chi connectivity index (χ1) is 5.88. The molecule has 0 saturated carbocycles. The smallest absolute Gasteiger partial charge is 0.306 e. The highest BCUT2D eigenvalue weighted by molar-refractivity contribution is 14.1. The lowest BCUT2D eigenvalue weighted by molar-refractivity contribution is 0.494. The summed E-state index contributed by atoms with van der Waals surface area (Å²) in [7, 11) is -3.50. The van der Waals surface area contributed by atoms with E-state index >= 15 is 0 Å². The second-order valence-electron chi connectivity index (χ2n) is 2.47. The molecule has 0 amide bonds. The molecule has 0 aromatic heterocycles. The lowest BCUT2D eigenvalue weighted by Crippen LogP contribution is -2.07. The van der Waals surface area contributed by atoms with Gasteiger partial charge in [-0.25, -0.2) is 0 Å². The molecule has 0 saturated heterocycles. The van der Waals surface area contributed by atoms with E-state index in [1.807, 2.05) is 22.6 Å². The van der Waals surface area contributed by atoms with Gasteiger partial charge in [-0.1, -0.05) is 0 Å². The van der Waals surface area contributed by atoms with Crippen molar-refractivity contribution < 1.29 is 12.6 Å². The zero-order chi connectivity index (χ0) is 10.1. The number of halogens is 1. The third-order valence-electron chi connectivity index (χ3n) is 1.22. The summed E-state index contributed by atoms with van der Waals surface area (Å²) in [6.07, 6.45) is 0.978. The van der Waals surface area contributed by atoms with Crippen LogP contribution < -0.4 is 9.92 Å². The molecule has 0 fully saturated rings. The molecule has 13 heavy (non-hydrogen) atoms. The Morgan fingerprint density at radius 3 is 2.62 bits per heavy atom. The summed E-state index contributed by atoms with van der Waals surface area (Å²) in [5, 5.41) is 0. The molecule has 0 heterocycles. The fraction of sp³-hybridized carbons (Fsp3) is 0.143. The van der Waals surface area contributed by atoms with Gasteiger partial charge in [-0.2, -0.15) is 8.42 Å². The normalized spacial score (nSPS) is 11.2. The highest BCUT2D eigenvalue weighted by atomic mass is 127. The minimum atomic E-state index is -3.50. The summed E-state index contributed by atoms with van der Waals surface area (Å²) >= 11 is 2.04. The number of rotatable bonds is 2. The molecule has 0 radical (unpaired) electrons. The van der Waals surface area contributed by atoms with Gasteiger partial charge in [-0.3, -0.25) is 0 Å². The molecule has 1 aromatic carbocycles. The molecule has 72 valence electrons. The van der Waals surface area contributed by atoms with Gasteiger partial charge in [0.05, 0.1) is 11.9 Å². The maximum Gasteiger partial charge on any atom is 0.306 e. The molecule has 0 aliphatic rings. The molecule has 4 nitrogen and oxygen atoms in total. The van der Waals surface area contributed by atoms with Gasteiger partial charge in [0.25, 0.3) is 0 Å². The van der Waals surface area contributed by atoms with Crippen LogP contribution in [0, 0.1) is 3.57 Å². The molecule has 0 aliphatic carbocycles. The van der Waals surface area contributed by atoms with Gasteiger partial charge < -0.3 is 9.92 Å². The molecule has 2 N–H and O–H groups in total. The SMILES string of the molecule is CS(=O)(=O)Oc1cc(I)ccc1N. The third kappa shape index (κ3) is 3.39. The molecule has 1 rings (SSSR count). The monoisotopic (exact) mass is 313 g/mol. The lowest BCUT2D eigenvalue weighted by Gasteiger charge is -2.05. The van der Waals surface area contributed by atoms with Crippen LogP contribution in [0.25, 0.3) is 0 Å². The van der Waals surface area contributed by atoms with Gasteiger partial charge in [0.1, 0.15) is 0 Å². The van der Waals surface area contributed by atoms with Crippen molar-refractivity contribution in [3.8, 4) is 5.75 Å². The summed E-state index contributed by atoms with van der Waals surface area (Å²) in [5.74, 6) is 0.175. The summed E-state index contributed by atoms with van der Waals surface area (Å²) in [6.45, 7) is 0. The Hall–Kier alpha value is -0.500. The Labute approximate surface area is 90.3 Å². The van der Waals surface area contributed by atoms with Crippen molar-refractivity contribution in [1.82, 2.24) is 0 Å². The Morgan fingerprint density at radius 1 is 1.46 bits per heavy atom. The average molecular weight is 313 g/mol. The Kier molecular flexibility index (Phi) is 3.01. The summed E-state index contributed by atoms with van der Waals surface area (Å²) in [6, 6.07) is 4.93. The van der Waals surface area contributed by atoms with E-state index in [1.54, 1.807) is 18.2 Å². The van der Waals surface area contributed by atoms with E-state index in [9.17, 15) is 8.42 Å². The van der Waals surface area contributed by atoms with Gasteiger partial charge in [0.15, 0.2) is 5.75 Å². The topological polar surface area (TPSA) is 69.4 Å². The van der Waals surface area contributed by atoms with Crippen LogP contribution in [0.3, 0.4) is 0 Å². The first-order valence-electron chi connectivity index (χ1n) is 3.33. The van der Waals surface area contributed by atoms with Crippen LogP contribution in [-0.2, 0) is 10.1 Å². The maximum atomic E-state index is 10.8. The van der Waals surface area contributed by atoms with Crippen LogP contribution >= 0.6 is 22.6 Å². The van der Waals surface area contributed by atoms with Crippen molar-refractivity contribution in [2.75, 3.05) is 12.0 Å². The lowest BCUT2D eigenvalue weighted by atomic mass is 10.3. The molecule has 0 aliphatic heterocycles. The van der Waals surface area contributed by atoms with Crippen LogP contribution in [0.1, 0.15) is 0 Å². The standard InChI is InChI=1S/C7H8INO3S/c1-13(10,11)12-7-4-5(8)2-3-6(7)9/h2-4H,9H2,1H3. The Balaban J connectivity index is 3.08. The zero-order valence-corrected chi connectivity index (χ0v) is 9.79. The minimum absolute atomic E-state index is 0.175.